The molecule has 1 fully saturated rings. The molecule has 0 bridgehead atoms. The number of hydrogen-bond donors (Lipinski definition) is 1. The van der Waals surface area contributed by atoms with Crippen molar-refractivity contribution in [2.24, 2.45) is 0 Å². The lowest BCUT2D eigenvalue weighted by atomic mass is 10.2. The van der Waals surface area contributed by atoms with Crippen LogP contribution in [-0.2, 0) is 9.53 Å². The van der Waals surface area contributed by atoms with Gasteiger partial charge in [-0.25, -0.2) is 4.68 Å². The van der Waals surface area contributed by atoms with Gasteiger partial charge in [-0.2, -0.15) is 0 Å². The van der Waals surface area contributed by atoms with Gasteiger partial charge < -0.3 is 14.8 Å². The van der Waals surface area contributed by atoms with Crippen LogP contribution in [-0.4, -0.2) is 41.0 Å². The van der Waals surface area contributed by atoms with Gasteiger partial charge in [0.25, 0.3) is 5.91 Å². The van der Waals surface area contributed by atoms with Gasteiger partial charge in [-0.15, -0.1) is 5.10 Å². The number of para-hydroxylation sites is 1. The largest absolute Gasteiger partial charge is 0.463 e. The molecule has 7 heteroatoms. The monoisotopic (exact) mass is 393 g/mol. The minimum Gasteiger partial charge on any atom is -0.463 e. The van der Waals surface area contributed by atoms with Gasteiger partial charge >= 0.3 is 0 Å². The lowest BCUT2D eigenvalue weighted by Gasteiger charge is -2.15. The summed E-state index contributed by atoms with van der Waals surface area (Å²) >= 11 is 3.42. The van der Waals surface area contributed by atoms with Crippen LogP contribution in [0.2, 0.25) is 0 Å². The molecule has 6 nitrogen and oxygen atoms in total. The molecule has 24 heavy (non-hydrogen) atoms. The van der Waals surface area contributed by atoms with Gasteiger partial charge in [-0.05, 0) is 47.8 Å². The minimum atomic E-state index is -0.637. The third kappa shape index (κ3) is 4.15. The average molecular weight is 394 g/mol. The zero-order valence-electron chi connectivity index (χ0n) is 13.4. The summed E-state index contributed by atoms with van der Waals surface area (Å²) in [6.45, 7) is 3.00. The van der Waals surface area contributed by atoms with Gasteiger partial charge in [-0.3, -0.25) is 4.79 Å². The molecule has 1 aromatic carbocycles. The first-order chi connectivity index (χ1) is 11.6. The van der Waals surface area contributed by atoms with Crippen molar-refractivity contribution in [2.75, 3.05) is 13.2 Å². The van der Waals surface area contributed by atoms with E-state index in [-0.39, 0.29) is 12.0 Å². The Morgan fingerprint density at radius 1 is 1.50 bits per heavy atom. The van der Waals surface area contributed by atoms with Gasteiger partial charge in [0, 0.05) is 19.3 Å². The number of nitrogens with zero attached hydrogens (tertiary/aromatic N) is 2. The summed E-state index contributed by atoms with van der Waals surface area (Å²) in [5.74, 6) is 0.213. The van der Waals surface area contributed by atoms with Gasteiger partial charge in [-0.1, -0.05) is 18.2 Å². The zero-order chi connectivity index (χ0) is 16.9. The molecule has 2 atom stereocenters. The first-order valence-corrected chi connectivity index (χ1v) is 8.79. The zero-order valence-corrected chi connectivity index (χ0v) is 15.0. The molecule has 0 unspecified atom stereocenters. The molecule has 1 amide bonds. The molecule has 0 aliphatic carbocycles. The van der Waals surface area contributed by atoms with E-state index in [2.05, 4.69) is 26.3 Å². The first kappa shape index (κ1) is 17.0. The van der Waals surface area contributed by atoms with Crippen LogP contribution < -0.4 is 10.1 Å². The molecule has 1 saturated heterocycles. The highest BCUT2D eigenvalue weighted by atomic mass is 79.9. The molecule has 1 aliphatic heterocycles. The lowest BCUT2D eigenvalue weighted by molar-refractivity contribution is -0.127. The van der Waals surface area contributed by atoms with Crippen molar-refractivity contribution in [3.63, 3.8) is 0 Å². The summed E-state index contributed by atoms with van der Waals surface area (Å²) in [5.41, 5.74) is 0.920. The average Bonchev–Trinajstić information content (AvgIpc) is 3.24. The molecule has 0 radical (unpaired) electrons. The summed E-state index contributed by atoms with van der Waals surface area (Å²) in [6, 6.07) is 9.71. The van der Waals surface area contributed by atoms with Crippen LogP contribution in [0.25, 0.3) is 5.69 Å². The van der Waals surface area contributed by atoms with Gasteiger partial charge in [0.2, 0.25) is 5.88 Å². The predicted octanol–water partition coefficient (Wildman–Crippen LogP) is 2.70. The number of aromatic nitrogens is 2. The molecular formula is C17H20BrN3O3. The maximum Gasteiger partial charge on any atom is 0.260 e. The Hall–Kier alpha value is -1.86. The molecule has 2 heterocycles. The quantitative estimate of drug-likeness (QED) is 0.819. The third-order valence-corrected chi connectivity index (χ3v) is 4.39. The van der Waals surface area contributed by atoms with E-state index < -0.39 is 6.10 Å². The standard InChI is InChI=1S/C17H20BrN3O3/c1-12(16(22)19-10-14-8-5-9-23-14)24-17-15(18)11-21(20-17)13-6-3-2-4-7-13/h2-4,6-7,11-12,14H,5,8-10H2,1H3,(H,19,22)/t12-,14+/m0/s1. The Morgan fingerprint density at radius 3 is 3.00 bits per heavy atom. The second-order valence-corrected chi connectivity index (χ2v) is 6.56. The topological polar surface area (TPSA) is 65.4 Å². The molecule has 3 rings (SSSR count). The predicted molar refractivity (Wildman–Crippen MR) is 93.3 cm³/mol. The van der Waals surface area contributed by atoms with Crippen molar-refractivity contribution in [2.45, 2.75) is 32.0 Å². The van der Waals surface area contributed by atoms with E-state index in [1.165, 1.54) is 0 Å². The fraction of sp³-hybridized carbons (Fsp3) is 0.412. The molecule has 0 spiro atoms. The van der Waals surface area contributed by atoms with Crippen LogP contribution in [0, 0.1) is 0 Å². The van der Waals surface area contributed by atoms with Gasteiger partial charge in [0.1, 0.15) is 0 Å². The maximum atomic E-state index is 12.2. The van der Waals surface area contributed by atoms with Crippen LogP contribution in [0.3, 0.4) is 0 Å². The molecule has 1 aromatic heterocycles. The van der Waals surface area contributed by atoms with E-state index >= 15 is 0 Å². The summed E-state index contributed by atoms with van der Waals surface area (Å²) in [7, 11) is 0. The first-order valence-electron chi connectivity index (χ1n) is 8.00. The van der Waals surface area contributed by atoms with E-state index in [1.807, 2.05) is 36.5 Å². The van der Waals surface area contributed by atoms with Crippen LogP contribution in [0.4, 0.5) is 0 Å². The number of ether oxygens (including phenoxy) is 2. The number of carbonyl (C=O) groups excluding carboxylic acids is 1. The van der Waals surface area contributed by atoms with Crippen molar-refractivity contribution in [1.29, 1.82) is 0 Å². The second-order valence-electron chi connectivity index (χ2n) is 5.70. The second kappa shape index (κ2) is 7.81. The Labute approximate surface area is 149 Å². The van der Waals surface area contributed by atoms with E-state index in [0.717, 1.165) is 25.1 Å². The number of rotatable bonds is 6. The molecule has 2 aromatic rings. The summed E-state index contributed by atoms with van der Waals surface area (Å²) in [4.78, 5) is 12.2. The van der Waals surface area contributed by atoms with Crippen molar-refractivity contribution >= 4 is 21.8 Å². The highest BCUT2D eigenvalue weighted by molar-refractivity contribution is 9.10. The molecule has 1 N–H and O–H groups in total. The SMILES string of the molecule is C[C@H](Oc1nn(-c2ccccc2)cc1Br)C(=O)NC[C@H]1CCCO1. The molecular weight excluding hydrogens is 374 g/mol. The number of benzene rings is 1. The number of carbonyl (C=O) groups is 1. The fourth-order valence-electron chi connectivity index (χ4n) is 2.51. The molecule has 0 saturated carbocycles. The number of halogens is 1. The highest BCUT2D eigenvalue weighted by Crippen LogP contribution is 2.25. The van der Waals surface area contributed by atoms with Crippen molar-refractivity contribution in [1.82, 2.24) is 15.1 Å². The van der Waals surface area contributed by atoms with Crippen LogP contribution in [0.15, 0.2) is 41.0 Å². The Kier molecular flexibility index (Phi) is 5.52. The minimum absolute atomic E-state index is 0.116. The Balaban J connectivity index is 1.58. The summed E-state index contributed by atoms with van der Waals surface area (Å²) in [5, 5.41) is 7.25. The van der Waals surface area contributed by atoms with Crippen molar-refractivity contribution in [3.8, 4) is 11.6 Å². The Bertz CT molecular complexity index is 684. The fourth-order valence-corrected chi connectivity index (χ4v) is 2.88. The Morgan fingerprint density at radius 2 is 2.29 bits per heavy atom. The smallest absolute Gasteiger partial charge is 0.260 e. The molecule has 128 valence electrons. The van der Waals surface area contributed by atoms with Crippen molar-refractivity contribution < 1.29 is 14.3 Å². The van der Waals surface area contributed by atoms with E-state index in [9.17, 15) is 4.79 Å². The van der Waals surface area contributed by atoms with Gasteiger partial charge in [0.05, 0.1) is 16.3 Å². The number of amides is 1. The van der Waals surface area contributed by atoms with Crippen LogP contribution in [0.1, 0.15) is 19.8 Å². The third-order valence-electron chi connectivity index (χ3n) is 3.84. The van der Waals surface area contributed by atoms with E-state index in [0.29, 0.717) is 16.9 Å². The lowest BCUT2D eigenvalue weighted by Crippen LogP contribution is -2.40. The summed E-state index contributed by atoms with van der Waals surface area (Å²) in [6.07, 6.45) is 3.33. The highest BCUT2D eigenvalue weighted by Gasteiger charge is 2.21. The van der Waals surface area contributed by atoms with Crippen LogP contribution in [0.5, 0.6) is 5.88 Å². The van der Waals surface area contributed by atoms with E-state index in [1.54, 1.807) is 11.6 Å². The van der Waals surface area contributed by atoms with Crippen LogP contribution >= 0.6 is 15.9 Å². The van der Waals surface area contributed by atoms with E-state index in [4.69, 9.17) is 9.47 Å². The number of hydrogen-bond acceptors (Lipinski definition) is 4. The maximum absolute atomic E-state index is 12.2. The molecule has 1 aliphatic rings. The van der Waals surface area contributed by atoms with Crippen molar-refractivity contribution in [3.05, 3.63) is 41.0 Å². The summed E-state index contributed by atoms with van der Waals surface area (Å²) < 4.78 is 13.6. The van der Waals surface area contributed by atoms with Gasteiger partial charge in [0.15, 0.2) is 6.10 Å². The number of nitrogens with one attached hydrogen (secondary N) is 1. The normalized spacial score (nSPS) is 18.3.